The van der Waals surface area contributed by atoms with Gasteiger partial charge in [0.15, 0.2) is 0 Å². The van der Waals surface area contributed by atoms with Crippen molar-refractivity contribution < 1.29 is 33.9 Å². The molecular formula is C12H24O7. The third-order valence-corrected chi connectivity index (χ3v) is 2.26. The standard InChI is InChI=1S/C6H14O4.C6H10O3/c7-1-3-9-5-6-10-4-2-8;1(5-3-8-5)7-2-6-4-9-6/h7-8H,1-6H2;5-6H,1-4H2. The molecule has 0 spiro atoms. The minimum Gasteiger partial charge on any atom is -0.394 e. The van der Waals surface area contributed by atoms with E-state index in [0.717, 1.165) is 26.4 Å². The molecule has 0 bridgehead atoms. The highest BCUT2D eigenvalue weighted by Crippen LogP contribution is 2.12. The molecule has 0 aromatic carbocycles. The molecule has 2 saturated heterocycles. The van der Waals surface area contributed by atoms with Crippen molar-refractivity contribution in [3.63, 3.8) is 0 Å². The summed E-state index contributed by atoms with van der Waals surface area (Å²) in [6.45, 7) is 4.99. The molecule has 0 amide bonds. The second kappa shape index (κ2) is 11.5. The van der Waals surface area contributed by atoms with Crippen molar-refractivity contribution in [3.8, 4) is 0 Å². The molecule has 0 aromatic heterocycles. The molecule has 2 unspecified atom stereocenters. The van der Waals surface area contributed by atoms with Crippen molar-refractivity contribution in [2.45, 2.75) is 12.2 Å². The van der Waals surface area contributed by atoms with Gasteiger partial charge in [-0.15, -0.1) is 0 Å². The molecule has 0 aliphatic carbocycles. The summed E-state index contributed by atoms with van der Waals surface area (Å²) in [5, 5.41) is 16.5. The fourth-order valence-electron chi connectivity index (χ4n) is 1.11. The second-order valence-corrected chi connectivity index (χ2v) is 4.12. The molecule has 114 valence electrons. The van der Waals surface area contributed by atoms with Gasteiger partial charge >= 0.3 is 0 Å². The van der Waals surface area contributed by atoms with Crippen LogP contribution >= 0.6 is 0 Å². The van der Waals surface area contributed by atoms with Crippen LogP contribution in [-0.4, -0.2) is 88.5 Å². The van der Waals surface area contributed by atoms with Crippen LogP contribution in [0.25, 0.3) is 0 Å². The smallest absolute Gasteiger partial charge is 0.104 e. The Bertz CT molecular complexity index is 175. The van der Waals surface area contributed by atoms with Crippen molar-refractivity contribution in [1.82, 2.24) is 0 Å². The molecular weight excluding hydrogens is 256 g/mol. The van der Waals surface area contributed by atoms with Gasteiger partial charge in [-0.05, 0) is 0 Å². The summed E-state index contributed by atoms with van der Waals surface area (Å²) in [6.07, 6.45) is 0.785. The number of aliphatic hydroxyl groups excluding tert-OH is 2. The predicted molar refractivity (Wildman–Crippen MR) is 66.1 cm³/mol. The topological polar surface area (TPSA) is 93.2 Å². The van der Waals surface area contributed by atoms with Gasteiger partial charge in [0.05, 0.1) is 66.1 Å². The van der Waals surface area contributed by atoms with E-state index in [1.807, 2.05) is 0 Å². The summed E-state index contributed by atoms with van der Waals surface area (Å²) < 4.78 is 24.9. The third-order valence-electron chi connectivity index (χ3n) is 2.26. The van der Waals surface area contributed by atoms with Gasteiger partial charge in [0.2, 0.25) is 0 Å². The van der Waals surface area contributed by atoms with Crippen LogP contribution in [-0.2, 0) is 23.7 Å². The van der Waals surface area contributed by atoms with Crippen LogP contribution in [0.2, 0.25) is 0 Å². The van der Waals surface area contributed by atoms with Crippen LogP contribution in [0.4, 0.5) is 0 Å². The van der Waals surface area contributed by atoms with Crippen molar-refractivity contribution >= 4 is 0 Å². The first-order valence-corrected chi connectivity index (χ1v) is 6.55. The van der Waals surface area contributed by atoms with Crippen LogP contribution in [0.5, 0.6) is 0 Å². The lowest BCUT2D eigenvalue weighted by Crippen LogP contribution is -2.09. The number of ether oxygens (including phenoxy) is 5. The molecule has 2 atom stereocenters. The molecule has 0 aromatic rings. The fraction of sp³-hybridized carbons (Fsp3) is 1.00. The van der Waals surface area contributed by atoms with Crippen molar-refractivity contribution in [2.24, 2.45) is 0 Å². The molecule has 2 aliphatic heterocycles. The van der Waals surface area contributed by atoms with Gasteiger partial charge in [-0.2, -0.15) is 0 Å². The number of rotatable bonds is 11. The summed E-state index contributed by atoms with van der Waals surface area (Å²) in [6, 6.07) is 0. The number of hydrogen-bond acceptors (Lipinski definition) is 7. The van der Waals surface area contributed by atoms with E-state index in [-0.39, 0.29) is 13.2 Å². The van der Waals surface area contributed by atoms with E-state index in [4.69, 9.17) is 33.9 Å². The number of epoxide rings is 2. The van der Waals surface area contributed by atoms with Gasteiger partial charge in [0.25, 0.3) is 0 Å². The molecule has 0 radical (unpaired) electrons. The average Bonchev–Trinajstić information content (AvgIpc) is 3.28. The fourth-order valence-corrected chi connectivity index (χ4v) is 1.11. The highest BCUT2D eigenvalue weighted by atomic mass is 16.6. The van der Waals surface area contributed by atoms with E-state index in [0.29, 0.717) is 38.6 Å². The van der Waals surface area contributed by atoms with Crippen LogP contribution in [0.3, 0.4) is 0 Å². The van der Waals surface area contributed by atoms with Gasteiger partial charge in [-0.25, -0.2) is 0 Å². The van der Waals surface area contributed by atoms with Crippen molar-refractivity contribution in [1.29, 1.82) is 0 Å². The Morgan fingerprint density at radius 1 is 0.737 bits per heavy atom. The molecule has 2 rings (SSSR count). The van der Waals surface area contributed by atoms with E-state index >= 15 is 0 Å². The summed E-state index contributed by atoms with van der Waals surface area (Å²) in [5.74, 6) is 0. The van der Waals surface area contributed by atoms with Crippen LogP contribution in [0.1, 0.15) is 0 Å². The Hall–Kier alpha value is -0.280. The monoisotopic (exact) mass is 280 g/mol. The Morgan fingerprint density at radius 2 is 1.16 bits per heavy atom. The molecule has 2 N–H and O–H groups in total. The first-order chi connectivity index (χ1) is 9.36. The zero-order valence-corrected chi connectivity index (χ0v) is 11.2. The van der Waals surface area contributed by atoms with E-state index < -0.39 is 0 Å². The van der Waals surface area contributed by atoms with Gasteiger partial charge in [0, 0.05) is 0 Å². The van der Waals surface area contributed by atoms with Crippen LogP contribution in [0, 0.1) is 0 Å². The zero-order valence-electron chi connectivity index (χ0n) is 11.2. The average molecular weight is 280 g/mol. The lowest BCUT2D eigenvalue weighted by Gasteiger charge is -2.01. The summed E-state index contributed by atoms with van der Waals surface area (Å²) >= 11 is 0. The minimum atomic E-state index is 0.0417. The summed E-state index contributed by atoms with van der Waals surface area (Å²) in [5.41, 5.74) is 0. The maximum atomic E-state index is 8.26. The van der Waals surface area contributed by atoms with Crippen LogP contribution in [0.15, 0.2) is 0 Å². The number of hydrogen-bond donors (Lipinski definition) is 2. The second-order valence-electron chi connectivity index (χ2n) is 4.12. The van der Waals surface area contributed by atoms with Gasteiger partial charge in [-0.1, -0.05) is 0 Å². The Morgan fingerprint density at radius 3 is 1.47 bits per heavy atom. The lowest BCUT2D eigenvalue weighted by molar-refractivity contribution is 0.0222. The quantitative estimate of drug-likeness (QED) is 0.363. The third kappa shape index (κ3) is 12.5. The maximum Gasteiger partial charge on any atom is 0.104 e. The van der Waals surface area contributed by atoms with Gasteiger partial charge in [-0.3, -0.25) is 0 Å². The van der Waals surface area contributed by atoms with E-state index in [2.05, 4.69) is 0 Å². The Kier molecular flexibility index (Phi) is 10.2. The van der Waals surface area contributed by atoms with E-state index in [9.17, 15) is 0 Å². The predicted octanol–water partition coefficient (Wildman–Crippen LogP) is -1.20. The van der Waals surface area contributed by atoms with Crippen LogP contribution < -0.4 is 0 Å². The largest absolute Gasteiger partial charge is 0.394 e. The highest BCUT2D eigenvalue weighted by Gasteiger charge is 2.26. The highest BCUT2D eigenvalue weighted by molar-refractivity contribution is 4.71. The first-order valence-electron chi connectivity index (χ1n) is 6.55. The number of aliphatic hydroxyl groups is 2. The molecule has 0 saturated carbocycles. The first kappa shape index (κ1) is 16.8. The lowest BCUT2D eigenvalue weighted by atomic mass is 10.5. The molecule has 2 fully saturated rings. The van der Waals surface area contributed by atoms with Gasteiger partial charge in [0.1, 0.15) is 12.2 Å². The van der Waals surface area contributed by atoms with E-state index in [1.54, 1.807) is 0 Å². The molecule has 2 aliphatic rings. The van der Waals surface area contributed by atoms with E-state index in [1.165, 1.54) is 0 Å². The zero-order chi connectivity index (χ0) is 13.8. The maximum absolute atomic E-state index is 8.26. The van der Waals surface area contributed by atoms with Crippen molar-refractivity contribution in [2.75, 3.05) is 66.1 Å². The van der Waals surface area contributed by atoms with Crippen molar-refractivity contribution in [3.05, 3.63) is 0 Å². The molecule has 7 heteroatoms. The Balaban J connectivity index is 0.000000190. The summed E-state index contributed by atoms with van der Waals surface area (Å²) in [4.78, 5) is 0. The summed E-state index contributed by atoms with van der Waals surface area (Å²) in [7, 11) is 0. The molecule has 7 nitrogen and oxygen atoms in total. The normalized spacial score (nSPS) is 23.7. The molecule has 19 heavy (non-hydrogen) atoms. The molecule has 2 heterocycles. The Labute approximate surface area is 113 Å². The van der Waals surface area contributed by atoms with Gasteiger partial charge < -0.3 is 33.9 Å². The SMILES string of the molecule is C(OCC1CO1)C1CO1.OCCOCCOCCO. The minimum absolute atomic E-state index is 0.0417.